The summed E-state index contributed by atoms with van der Waals surface area (Å²) in [6.45, 7) is 1.56. The molecule has 72 valence electrons. The molecule has 0 fully saturated rings. The molecule has 2 nitrogen and oxygen atoms in total. The van der Waals surface area contributed by atoms with Gasteiger partial charge >= 0.3 is 0 Å². The van der Waals surface area contributed by atoms with Crippen LogP contribution in [0.15, 0.2) is 24.3 Å². The topological polar surface area (TPSA) is 18.5 Å². The zero-order valence-corrected chi connectivity index (χ0v) is 8.89. The maximum atomic E-state index is 5.65. The summed E-state index contributed by atoms with van der Waals surface area (Å²) in [7, 11) is 1.60. The molecule has 1 rings (SSSR count). The summed E-state index contributed by atoms with van der Waals surface area (Å²) in [4.78, 5) is 0. The van der Waals surface area contributed by atoms with Crippen LogP contribution in [0.5, 0.6) is 11.5 Å². The van der Waals surface area contributed by atoms with Crippen molar-refractivity contribution in [3.63, 3.8) is 0 Å². The van der Waals surface area contributed by atoms with Gasteiger partial charge < -0.3 is 9.47 Å². The van der Waals surface area contributed by atoms with Gasteiger partial charge in [-0.25, -0.2) is 0 Å². The smallest absolute Gasteiger partial charge is 0.255 e. The van der Waals surface area contributed by atoms with Crippen molar-refractivity contribution in [1.82, 2.24) is 0 Å². The van der Waals surface area contributed by atoms with Crippen molar-refractivity contribution in [1.29, 1.82) is 0 Å². The Bertz CT molecular complexity index is 264. The molecule has 0 saturated carbocycles. The van der Waals surface area contributed by atoms with Crippen LogP contribution < -0.4 is 9.47 Å². The molecule has 0 aliphatic heterocycles. The fraction of sp³-hybridized carbons (Fsp3) is 0.333. The van der Waals surface area contributed by atoms with Crippen molar-refractivity contribution < 1.29 is 9.47 Å². The van der Waals surface area contributed by atoms with E-state index in [9.17, 15) is 0 Å². The Balaban J connectivity index is 2.70. The first-order valence-electron chi connectivity index (χ1n) is 3.72. The Hall–Kier alpha value is -0.600. The van der Waals surface area contributed by atoms with Crippen molar-refractivity contribution >= 4 is 23.2 Å². The summed E-state index contributed by atoms with van der Waals surface area (Å²) >= 11 is 11.3. The third kappa shape index (κ3) is 3.75. The zero-order valence-electron chi connectivity index (χ0n) is 7.38. The number of rotatable bonds is 3. The highest BCUT2D eigenvalue weighted by Crippen LogP contribution is 2.26. The van der Waals surface area contributed by atoms with E-state index in [0.29, 0.717) is 5.75 Å². The Morgan fingerprint density at radius 1 is 1.08 bits per heavy atom. The van der Waals surface area contributed by atoms with E-state index in [-0.39, 0.29) is 0 Å². The number of halogens is 2. The van der Waals surface area contributed by atoms with Gasteiger partial charge in [-0.05, 0) is 24.3 Å². The maximum Gasteiger partial charge on any atom is 0.255 e. The zero-order chi connectivity index (χ0) is 9.90. The predicted octanol–water partition coefficient (Wildman–Crippen LogP) is 3.23. The molecular weight excluding hydrogens is 211 g/mol. The average Bonchev–Trinajstić information content (AvgIpc) is 2.03. The minimum atomic E-state index is -1.20. The van der Waals surface area contributed by atoms with Gasteiger partial charge in [0.05, 0.1) is 7.11 Å². The van der Waals surface area contributed by atoms with Gasteiger partial charge in [-0.2, -0.15) is 0 Å². The molecule has 0 atom stereocenters. The van der Waals surface area contributed by atoms with Crippen LogP contribution in [0.1, 0.15) is 6.92 Å². The second-order valence-corrected chi connectivity index (χ2v) is 4.22. The SMILES string of the molecule is COc1ccc(OC(C)(Cl)Cl)cc1. The predicted molar refractivity (Wildman–Crippen MR) is 53.7 cm³/mol. The number of hydrogen-bond donors (Lipinski definition) is 0. The number of methoxy groups -OCH3 is 1. The van der Waals surface area contributed by atoms with Crippen molar-refractivity contribution in [3.05, 3.63) is 24.3 Å². The largest absolute Gasteiger partial charge is 0.497 e. The van der Waals surface area contributed by atoms with E-state index in [4.69, 9.17) is 32.7 Å². The number of benzene rings is 1. The van der Waals surface area contributed by atoms with Crippen LogP contribution in [0.25, 0.3) is 0 Å². The molecule has 0 saturated heterocycles. The lowest BCUT2D eigenvalue weighted by molar-refractivity contribution is 0.262. The molecule has 0 aromatic heterocycles. The number of ether oxygens (including phenoxy) is 2. The maximum absolute atomic E-state index is 5.65. The van der Waals surface area contributed by atoms with Gasteiger partial charge in [0.25, 0.3) is 4.52 Å². The quantitative estimate of drug-likeness (QED) is 0.729. The Kier molecular flexibility index (Phi) is 3.28. The number of alkyl halides is 2. The van der Waals surface area contributed by atoms with Gasteiger partial charge in [-0.1, -0.05) is 23.2 Å². The van der Waals surface area contributed by atoms with Crippen LogP contribution in [0.4, 0.5) is 0 Å². The molecule has 0 aliphatic carbocycles. The highest BCUT2D eigenvalue weighted by atomic mass is 35.5. The molecule has 0 bridgehead atoms. The summed E-state index contributed by atoms with van der Waals surface area (Å²) < 4.78 is 8.95. The second kappa shape index (κ2) is 4.07. The molecule has 1 aromatic carbocycles. The monoisotopic (exact) mass is 220 g/mol. The van der Waals surface area contributed by atoms with Crippen LogP contribution in [-0.4, -0.2) is 11.6 Å². The number of hydrogen-bond acceptors (Lipinski definition) is 2. The van der Waals surface area contributed by atoms with E-state index in [1.807, 2.05) is 0 Å². The van der Waals surface area contributed by atoms with E-state index in [0.717, 1.165) is 5.75 Å². The summed E-state index contributed by atoms with van der Waals surface area (Å²) in [5, 5.41) is 0. The molecule has 0 aliphatic rings. The molecule has 13 heavy (non-hydrogen) atoms. The van der Waals surface area contributed by atoms with Crippen molar-refractivity contribution in [2.75, 3.05) is 7.11 Å². The first kappa shape index (κ1) is 10.5. The van der Waals surface area contributed by atoms with Gasteiger partial charge in [-0.3, -0.25) is 0 Å². The van der Waals surface area contributed by atoms with Gasteiger partial charge in [-0.15, -0.1) is 0 Å². The minimum absolute atomic E-state index is 0.605. The molecular formula is C9H10Cl2O2. The van der Waals surface area contributed by atoms with Crippen LogP contribution in [0.3, 0.4) is 0 Å². The standard InChI is InChI=1S/C9H10Cl2O2/c1-9(10,11)13-8-5-3-7(12-2)4-6-8/h3-6H,1-2H3. The van der Waals surface area contributed by atoms with E-state index < -0.39 is 4.52 Å². The first-order valence-corrected chi connectivity index (χ1v) is 4.48. The van der Waals surface area contributed by atoms with Crippen molar-refractivity contribution in [2.24, 2.45) is 0 Å². The van der Waals surface area contributed by atoms with Crippen LogP contribution in [-0.2, 0) is 0 Å². The lowest BCUT2D eigenvalue weighted by Crippen LogP contribution is -2.15. The van der Waals surface area contributed by atoms with Gasteiger partial charge in [0.15, 0.2) is 0 Å². The normalized spacial score (nSPS) is 11.1. The average molecular weight is 221 g/mol. The molecule has 0 N–H and O–H groups in total. The van der Waals surface area contributed by atoms with E-state index in [1.54, 1.807) is 38.3 Å². The molecule has 0 heterocycles. The molecule has 0 spiro atoms. The third-order valence-electron chi connectivity index (χ3n) is 1.36. The third-order valence-corrected chi connectivity index (χ3v) is 1.51. The highest BCUT2D eigenvalue weighted by molar-refractivity contribution is 6.47. The van der Waals surface area contributed by atoms with Crippen LogP contribution in [0, 0.1) is 0 Å². The first-order chi connectivity index (χ1) is 6.01. The fourth-order valence-corrected chi connectivity index (χ4v) is 1.03. The van der Waals surface area contributed by atoms with E-state index >= 15 is 0 Å². The lowest BCUT2D eigenvalue weighted by atomic mass is 10.3. The van der Waals surface area contributed by atoms with Crippen LogP contribution >= 0.6 is 23.2 Å². The summed E-state index contributed by atoms with van der Waals surface area (Å²) in [6, 6.07) is 7.02. The van der Waals surface area contributed by atoms with Gasteiger partial charge in [0, 0.05) is 6.92 Å². The van der Waals surface area contributed by atoms with E-state index in [1.165, 1.54) is 0 Å². The summed E-state index contributed by atoms with van der Waals surface area (Å²) in [6.07, 6.45) is 0. The van der Waals surface area contributed by atoms with Gasteiger partial charge in [0.1, 0.15) is 11.5 Å². The Labute approximate surface area is 87.4 Å². The molecule has 0 radical (unpaired) electrons. The molecule has 0 unspecified atom stereocenters. The Morgan fingerprint density at radius 2 is 1.54 bits per heavy atom. The highest BCUT2D eigenvalue weighted by Gasteiger charge is 2.17. The summed E-state index contributed by atoms with van der Waals surface area (Å²) in [5.41, 5.74) is 0. The van der Waals surface area contributed by atoms with Crippen molar-refractivity contribution in [2.45, 2.75) is 11.4 Å². The van der Waals surface area contributed by atoms with Gasteiger partial charge in [0.2, 0.25) is 0 Å². The second-order valence-electron chi connectivity index (χ2n) is 2.59. The van der Waals surface area contributed by atoms with Crippen molar-refractivity contribution in [3.8, 4) is 11.5 Å². The summed E-state index contributed by atoms with van der Waals surface area (Å²) in [5.74, 6) is 1.37. The Morgan fingerprint density at radius 3 is 1.92 bits per heavy atom. The molecule has 1 aromatic rings. The van der Waals surface area contributed by atoms with Crippen LogP contribution in [0.2, 0.25) is 0 Å². The molecule has 4 heteroatoms. The lowest BCUT2D eigenvalue weighted by Gasteiger charge is -2.15. The molecule has 0 amide bonds. The minimum Gasteiger partial charge on any atom is -0.497 e. The fourth-order valence-electron chi connectivity index (χ4n) is 0.851. The van der Waals surface area contributed by atoms with E-state index in [2.05, 4.69) is 0 Å².